The van der Waals surface area contributed by atoms with Crippen molar-refractivity contribution in [3.8, 4) is 17.3 Å². The second kappa shape index (κ2) is 5.57. The molecule has 1 aromatic heterocycles. The molecule has 0 bridgehead atoms. The van der Waals surface area contributed by atoms with Crippen molar-refractivity contribution in [2.45, 2.75) is 20.3 Å². The summed E-state index contributed by atoms with van der Waals surface area (Å²) in [5.41, 5.74) is 1.61. The second-order valence-electron chi connectivity index (χ2n) is 4.85. The van der Waals surface area contributed by atoms with Crippen LogP contribution in [0.4, 0.5) is 0 Å². The monoisotopic (exact) mass is 322 g/mol. The van der Waals surface area contributed by atoms with E-state index in [4.69, 9.17) is 0 Å². The first-order valence-electron chi connectivity index (χ1n) is 6.05. The molecule has 2 rings (SSSR count). The molecule has 0 saturated carbocycles. The Balaban J connectivity index is 2.35. The molecule has 0 fully saturated rings. The van der Waals surface area contributed by atoms with Crippen LogP contribution in [0.5, 0.6) is 5.88 Å². The van der Waals surface area contributed by atoms with E-state index in [1.165, 1.54) is 5.56 Å². The lowest BCUT2D eigenvalue weighted by atomic mass is 10.0. The van der Waals surface area contributed by atoms with Gasteiger partial charge in [0.15, 0.2) is 0 Å². The van der Waals surface area contributed by atoms with E-state index in [1.807, 2.05) is 24.3 Å². The Bertz CT molecular complexity index is 633. The van der Waals surface area contributed by atoms with Crippen molar-refractivity contribution in [3.63, 3.8) is 0 Å². The van der Waals surface area contributed by atoms with E-state index in [-0.39, 0.29) is 10.4 Å². The topological polar surface area (TPSA) is 66.0 Å². The molecule has 4 nitrogen and oxygen atoms in total. The summed E-state index contributed by atoms with van der Waals surface area (Å²) >= 11 is 2.97. The lowest BCUT2D eigenvalue weighted by Crippen LogP contribution is -2.09. The van der Waals surface area contributed by atoms with Gasteiger partial charge in [0.25, 0.3) is 5.56 Å². The van der Waals surface area contributed by atoms with Crippen molar-refractivity contribution in [3.05, 3.63) is 44.7 Å². The molecule has 5 heteroatoms. The minimum atomic E-state index is -0.395. The third-order valence-corrected chi connectivity index (χ3v) is 3.43. The lowest BCUT2D eigenvalue weighted by Gasteiger charge is -2.06. The van der Waals surface area contributed by atoms with E-state index < -0.39 is 5.56 Å². The van der Waals surface area contributed by atoms with Crippen molar-refractivity contribution in [1.29, 1.82) is 0 Å². The van der Waals surface area contributed by atoms with E-state index in [0.29, 0.717) is 11.7 Å². The third kappa shape index (κ3) is 3.23. The number of hydrogen-bond donors (Lipinski definition) is 2. The first-order chi connectivity index (χ1) is 8.97. The van der Waals surface area contributed by atoms with Crippen LogP contribution in [0.15, 0.2) is 33.5 Å². The maximum Gasteiger partial charge on any atom is 0.269 e. The van der Waals surface area contributed by atoms with Crippen LogP contribution in [-0.2, 0) is 6.42 Å². The van der Waals surface area contributed by atoms with Crippen LogP contribution in [0.25, 0.3) is 11.4 Å². The predicted molar refractivity (Wildman–Crippen MR) is 78.2 cm³/mol. The number of aromatic nitrogens is 2. The highest BCUT2D eigenvalue weighted by molar-refractivity contribution is 9.10. The number of nitrogens with one attached hydrogen (secondary N) is 1. The molecule has 0 aliphatic carbocycles. The van der Waals surface area contributed by atoms with E-state index in [1.54, 1.807) is 0 Å². The molecule has 1 aromatic carbocycles. The maximum atomic E-state index is 11.5. The first-order valence-corrected chi connectivity index (χ1v) is 6.84. The van der Waals surface area contributed by atoms with Gasteiger partial charge in [-0.1, -0.05) is 38.1 Å². The van der Waals surface area contributed by atoms with E-state index in [9.17, 15) is 9.90 Å². The van der Waals surface area contributed by atoms with Gasteiger partial charge in [-0.05, 0) is 33.8 Å². The molecule has 2 aromatic rings. The summed E-state index contributed by atoms with van der Waals surface area (Å²) in [5, 5.41) is 9.54. The first kappa shape index (κ1) is 13.8. The molecule has 2 N–H and O–H groups in total. The average molecular weight is 323 g/mol. The summed E-state index contributed by atoms with van der Waals surface area (Å²) in [5.74, 6) is 0.660. The SMILES string of the molecule is CC(C)Cc1ccc(-c2nc(O)c(Br)c(=O)[nH]2)cc1. The molecular formula is C14H15BrN2O2. The van der Waals surface area contributed by atoms with Gasteiger partial charge in [0.1, 0.15) is 10.3 Å². The Morgan fingerprint density at radius 1 is 1.32 bits per heavy atom. The molecule has 0 saturated heterocycles. The summed E-state index contributed by atoms with van der Waals surface area (Å²) < 4.78 is 0.0488. The molecule has 0 radical (unpaired) electrons. The summed E-state index contributed by atoms with van der Waals surface area (Å²) in [6, 6.07) is 7.80. The fraction of sp³-hybridized carbons (Fsp3) is 0.286. The quantitative estimate of drug-likeness (QED) is 0.912. The van der Waals surface area contributed by atoms with Crippen LogP contribution in [0.2, 0.25) is 0 Å². The minimum Gasteiger partial charge on any atom is -0.492 e. The Morgan fingerprint density at radius 3 is 2.47 bits per heavy atom. The van der Waals surface area contributed by atoms with Crippen molar-refractivity contribution in [2.75, 3.05) is 0 Å². The van der Waals surface area contributed by atoms with Gasteiger partial charge in [-0.3, -0.25) is 4.79 Å². The summed E-state index contributed by atoms with van der Waals surface area (Å²) in [7, 11) is 0. The number of halogens is 1. The summed E-state index contributed by atoms with van der Waals surface area (Å²) in [4.78, 5) is 18.1. The Hall–Kier alpha value is -1.62. The zero-order valence-corrected chi connectivity index (χ0v) is 12.4. The van der Waals surface area contributed by atoms with Crippen molar-refractivity contribution < 1.29 is 5.11 Å². The summed E-state index contributed by atoms with van der Waals surface area (Å²) in [6.07, 6.45) is 1.01. The molecule has 0 unspecified atom stereocenters. The maximum absolute atomic E-state index is 11.5. The smallest absolute Gasteiger partial charge is 0.269 e. The van der Waals surface area contributed by atoms with Crippen molar-refractivity contribution >= 4 is 15.9 Å². The minimum absolute atomic E-state index is 0.0488. The Kier molecular flexibility index (Phi) is 4.04. The van der Waals surface area contributed by atoms with Crippen molar-refractivity contribution in [2.24, 2.45) is 5.92 Å². The van der Waals surface area contributed by atoms with Crippen LogP contribution in [-0.4, -0.2) is 15.1 Å². The molecular weight excluding hydrogens is 308 g/mol. The molecule has 0 aliphatic heterocycles. The normalized spacial score (nSPS) is 10.9. The van der Waals surface area contributed by atoms with Gasteiger partial charge in [0.2, 0.25) is 5.88 Å². The highest BCUT2D eigenvalue weighted by atomic mass is 79.9. The molecule has 0 atom stereocenters. The van der Waals surface area contributed by atoms with E-state index >= 15 is 0 Å². The van der Waals surface area contributed by atoms with Crippen LogP contribution in [0.1, 0.15) is 19.4 Å². The van der Waals surface area contributed by atoms with E-state index in [0.717, 1.165) is 12.0 Å². The fourth-order valence-corrected chi connectivity index (χ4v) is 2.04. The molecule has 0 amide bonds. The number of rotatable bonds is 3. The van der Waals surface area contributed by atoms with Gasteiger partial charge < -0.3 is 10.1 Å². The summed E-state index contributed by atoms with van der Waals surface area (Å²) in [6.45, 7) is 4.33. The molecule has 1 heterocycles. The Morgan fingerprint density at radius 2 is 1.95 bits per heavy atom. The number of benzene rings is 1. The lowest BCUT2D eigenvalue weighted by molar-refractivity contribution is 0.448. The average Bonchev–Trinajstić information content (AvgIpc) is 2.35. The highest BCUT2D eigenvalue weighted by Crippen LogP contribution is 2.21. The zero-order chi connectivity index (χ0) is 14.0. The molecule has 0 spiro atoms. The second-order valence-corrected chi connectivity index (χ2v) is 5.64. The van der Waals surface area contributed by atoms with Gasteiger partial charge in [-0.2, -0.15) is 4.98 Å². The predicted octanol–water partition coefficient (Wildman–Crippen LogP) is 3.10. The number of aromatic hydroxyl groups is 1. The molecule has 19 heavy (non-hydrogen) atoms. The van der Waals surface area contributed by atoms with Gasteiger partial charge >= 0.3 is 0 Å². The van der Waals surface area contributed by atoms with Gasteiger partial charge in [0.05, 0.1) is 0 Å². The number of hydrogen-bond acceptors (Lipinski definition) is 3. The van der Waals surface area contributed by atoms with Crippen LogP contribution >= 0.6 is 15.9 Å². The number of aromatic amines is 1. The molecule has 100 valence electrons. The van der Waals surface area contributed by atoms with Crippen LogP contribution < -0.4 is 5.56 Å². The highest BCUT2D eigenvalue weighted by Gasteiger charge is 2.09. The van der Waals surface area contributed by atoms with Crippen LogP contribution in [0.3, 0.4) is 0 Å². The standard InChI is InChI=1S/C14H15BrN2O2/c1-8(2)7-9-3-5-10(6-4-9)12-16-13(18)11(15)14(19)17-12/h3-6,8H,7H2,1-2H3,(H2,16,17,18,19). The Labute approximate surface area is 119 Å². The van der Waals surface area contributed by atoms with Crippen LogP contribution in [0, 0.1) is 5.92 Å². The van der Waals surface area contributed by atoms with Gasteiger partial charge in [0, 0.05) is 5.56 Å². The van der Waals surface area contributed by atoms with Gasteiger partial charge in [-0.15, -0.1) is 0 Å². The van der Waals surface area contributed by atoms with Crippen molar-refractivity contribution in [1.82, 2.24) is 9.97 Å². The third-order valence-electron chi connectivity index (χ3n) is 2.72. The van der Waals surface area contributed by atoms with E-state index in [2.05, 4.69) is 39.7 Å². The number of H-pyrrole nitrogens is 1. The zero-order valence-electron chi connectivity index (χ0n) is 10.8. The largest absolute Gasteiger partial charge is 0.492 e. The fourth-order valence-electron chi connectivity index (χ4n) is 1.85. The number of nitrogens with zero attached hydrogens (tertiary/aromatic N) is 1. The molecule has 0 aliphatic rings. The van der Waals surface area contributed by atoms with Gasteiger partial charge in [-0.25, -0.2) is 0 Å².